The van der Waals surface area contributed by atoms with Crippen LogP contribution in [0.2, 0.25) is 0 Å². The van der Waals surface area contributed by atoms with Gasteiger partial charge in [-0.15, -0.1) is 0 Å². The van der Waals surface area contributed by atoms with E-state index in [1.165, 1.54) is 263 Å². The van der Waals surface area contributed by atoms with Crippen molar-refractivity contribution in [2.75, 3.05) is 40.9 Å². The first kappa shape index (κ1) is 80.2. The molecule has 0 aromatic heterocycles. The van der Waals surface area contributed by atoms with Crippen molar-refractivity contribution in [1.29, 1.82) is 0 Å². The number of carbonyl (C=O) groups is 2. The molecule has 0 aromatic rings. The van der Waals surface area contributed by atoms with E-state index in [0.29, 0.717) is 23.9 Å². The maximum atomic E-state index is 13.6. The smallest absolute Gasteiger partial charge is 0.456 e. The lowest BCUT2D eigenvalue weighted by atomic mass is 10.0. The summed E-state index contributed by atoms with van der Waals surface area (Å²) >= 11 is 0. The Morgan fingerprint density at radius 3 is 1.12 bits per heavy atom. The molecule has 3 atom stereocenters. The number of nitrogens with zero attached hydrogens (tertiary/aromatic N) is 1. The van der Waals surface area contributed by atoms with E-state index in [0.717, 1.165) is 64.2 Å². The maximum Gasteiger partial charge on any atom is 0.472 e. The number of phosphoric ester groups is 1. The van der Waals surface area contributed by atoms with Gasteiger partial charge in [-0.3, -0.25) is 18.6 Å². The summed E-state index contributed by atoms with van der Waals surface area (Å²) in [5, 5.41) is 3.08. The summed E-state index contributed by atoms with van der Waals surface area (Å²) in [6.07, 6.45) is 77.3. The normalized spacial score (nSPS) is 13.7. The van der Waals surface area contributed by atoms with Crippen molar-refractivity contribution < 1.29 is 37.3 Å². The number of carbonyl (C=O) groups excluding carboxylic acids is 2. The molecule has 0 heterocycles. The molecular weight excluding hydrogens is 1040 g/mol. The molecule has 0 fully saturated rings. The van der Waals surface area contributed by atoms with E-state index in [9.17, 15) is 19.0 Å². The molecular formula is C72H140N2O7P+. The molecule has 0 aliphatic heterocycles. The fourth-order valence-electron chi connectivity index (χ4n) is 10.8. The highest BCUT2D eigenvalue weighted by molar-refractivity contribution is 7.47. The summed E-state index contributed by atoms with van der Waals surface area (Å²) in [5.41, 5.74) is 0. The molecule has 9 nitrogen and oxygen atoms in total. The van der Waals surface area contributed by atoms with Gasteiger partial charge in [0, 0.05) is 12.8 Å². The Balaban J connectivity index is 5.04. The molecule has 0 aliphatic rings. The summed E-state index contributed by atoms with van der Waals surface area (Å²) in [6.45, 7) is 7.05. The van der Waals surface area contributed by atoms with Crippen LogP contribution in [-0.2, 0) is 27.9 Å². The van der Waals surface area contributed by atoms with Crippen LogP contribution in [0, 0.1) is 0 Å². The van der Waals surface area contributed by atoms with Gasteiger partial charge in [-0.1, -0.05) is 321 Å². The minimum Gasteiger partial charge on any atom is -0.456 e. The third-order valence-electron chi connectivity index (χ3n) is 16.3. The fraction of sp³-hybridized carbons (Fsp3) is 0.889. The fourth-order valence-corrected chi connectivity index (χ4v) is 11.5. The zero-order valence-corrected chi connectivity index (χ0v) is 56.4. The quantitative estimate of drug-likeness (QED) is 0.0205. The molecule has 0 bridgehead atoms. The van der Waals surface area contributed by atoms with Crippen LogP contribution in [0.4, 0.5) is 0 Å². The van der Waals surface area contributed by atoms with Gasteiger partial charge in [-0.25, -0.2) is 4.57 Å². The van der Waals surface area contributed by atoms with Crippen LogP contribution >= 0.6 is 7.82 Å². The van der Waals surface area contributed by atoms with Crippen LogP contribution in [-0.4, -0.2) is 74.3 Å². The van der Waals surface area contributed by atoms with Gasteiger partial charge in [0.25, 0.3) is 0 Å². The zero-order chi connectivity index (χ0) is 60.0. The van der Waals surface area contributed by atoms with E-state index in [1.807, 2.05) is 33.3 Å². The van der Waals surface area contributed by atoms with Gasteiger partial charge in [-0.05, 0) is 63.9 Å². The predicted molar refractivity (Wildman–Crippen MR) is 356 cm³/mol. The number of quaternary nitrogens is 1. The SMILES string of the molecule is CCCCC/C=C\C/C=C\CCCCCCCCCCCCCC(=O)NC(COP(=O)(O)OCC[N+](C)(C)C)C(/C=C/CCCCCCCCCCCC)OC(=O)CCCCCCCCCCCCCCCCCCCCCCCCC. The van der Waals surface area contributed by atoms with Gasteiger partial charge < -0.3 is 19.4 Å². The lowest BCUT2D eigenvalue weighted by Crippen LogP contribution is -2.47. The van der Waals surface area contributed by atoms with Crippen LogP contribution in [0.1, 0.15) is 361 Å². The number of allylic oxidation sites excluding steroid dienone is 5. The Labute approximate surface area is 510 Å². The van der Waals surface area contributed by atoms with Crippen molar-refractivity contribution in [2.24, 2.45) is 0 Å². The van der Waals surface area contributed by atoms with Crippen LogP contribution < -0.4 is 5.32 Å². The number of hydrogen-bond acceptors (Lipinski definition) is 6. The highest BCUT2D eigenvalue weighted by Crippen LogP contribution is 2.43. The second-order valence-electron chi connectivity index (χ2n) is 25.8. The number of phosphoric acid groups is 1. The summed E-state index contributed by atoms with van der Waals surface area (Å²) in [6, 6.07) is -0.846. The number of unbranched alkanes of at least 4 members (excludes halogenated alkanes) is 46. The number of nitrogens with one attached hydrogen (secondary N) is 1. The van der Waals surface area contributed by atoms with E-state index < -0.39 is 20.0 Å². The monoisotopic (exact) mass is 1180 g/mol. The first-order valence-electron chi connectivity index (χ1n) is 35.8. The zero-order valence-electron chi connectivity index (χ0n) is 55.5. The molecule has 0 saturated carbocycles. The van der Waals surface area contributed by atoms with Gasteiger partial charge in [0.1, 0.15) is 19.3 Å². The molecule has 0 aliphatic carbocycles. The van der Waals surface area contributed by atoms with Crippen LogP contribution in [0.3, 0.4) is 0 Å². The molecule has 10 heteroatoms. The Bertz CT molecular complexity index is 1500. The molecule has 2 N–H and O–H groups in total. The minimum atomic E-state index is -4.45. The third-order valence-corrected chi connectivity index (χ3v) is 17.3. The highest BCUT2D eigenvalue weighted by atomic mass is 31.2. The Hall–Kier alpha value is -1.77. The Morgan fingerprint density at radius 1 is 0.427 bits per heavy atom. The van der Waals surface area contributed by atoms with E-state index in [4.69, 9.17) is 13.8 Å². The average Bonchev–Trinajstić information content (AvgIpc) is 3.44. The summed E-state index contributed by atoms with van der Waals surface area (Å²) in [7, 11) is 1.51. The third kappa shape index (κ3) is 62.8. The molecule has 0 rings (SSSR count). The molecule has 484 valence electrons. The largest absolute Gasteiger partial charge is 0.472 e. The second-order valence-corrected chi connectivity index (χ2v) is 27.2. The second kappa shape index (κ2) is 62.3. The number of esters is 1. The lowest BCUT2D eigenvalue weighted by molar-refractivity contribution is -0.870. The van der Waals surface area contributed by atoms with Crippen LogP contribution in [0.5, 0.6) is 0 Å². The number of hydrogen-bond donors (Lipinski definition) is 2. The molecule has 0 spiro atoms. The Kier molecular flexibility index (Phi) is 60.9. The number of amides is 1. The van der Waals surface area contributed by atoms with Crippen LogP contribution in [0.15, 0.2) is 36.5 Å². The van der Waals surface area contributed by atoms with Crippen molar-refractivity contribution >= 4 is 19.7 Å². The van der Waals surface area contributed by atoms with E-state index in [-0.39, 0.29) is 25.1 Å². The van der Waals surface area contributed by atoms with Gasteiger partial charge >= 0.3 is 13.8 Å². The minimum absolute atomic E-state index is 0.0426. The van der Waals surface area contributed by atoms with E-state index in [2.05, 4.69) is 50.4 Å². The number of likely N-dealkylation sites (N-methyl/N-ethyl adjacent to an activating group) is 1. The Morgan fingerprint density at radius 2 is 0.744 bits per heavy atom. The van der Waals surface area contributed by atoms with Crippen molar-refractivity contribution in [3.05, 3.63) is 36.5 Å². The molecule has 3 unspecified atom stereocenters. The summed E-state index contributed by atoms with van der Waals surface area (Å²) < 4.78 is 30.8. The lowest BCUT2D eigenvalue weighted by Gasteiger charge is -2.27. The van der Waals surface area contributed by atoms with Crippen molar-refractivity contribution in [2.45, 2.75) is 373 Å². The van der Waals surface area contributed by atoms with Gasteiger partial charge in [0.15, 0.2) is 0 Å². The van der Waals surface area contributed by atoms with Gasteiger partial charge in [0.05, 0.1) is 33.8 Å². The first-order valence-corrected chi connectivity index (χ1v) is 37.3. The van der Waals surface area contributed by atoms with E-state index >= 15 is 0 Å². The first-order chi connectivity index (χ1) is 39.9. The topological polar surface area (TPSA) is 111 Å². The van der Waals surface area contributed by atoms with Crippen molar-refractivity contribution in [3.63, 3.8) is 0 Å². The van der Waals surface area contributed by atoms with Crippen LogP contribution in [0.25, 0.3) is 0 Å². The highest BCUT2D eigenvalue weighted by Gasteiger charge is 2.30. The maximum absolute atomic E-state index is 13.6. The molecule has 82 heavy (non-hydrogen) atoms. The van der Waals surface area contributed by atoms with Crippen molar-refractivity contribution in [3.8, 4) is 0 Å². The summed E-state index contributed by atoms with van der Waals surface area (Å²) in [5.74, 6) is -0.487. The van der Waals surface area contributed by atoms with Gasteiger partial charge in [0.2, 0.25) is 5.91 Å². The van der Waals surface area contributed by atoms with Gasteiger partial charge in [-0.2, -0.15) is 0 Å². The molecule has 0 aromatic carbocycles. The average molecular weight is 1180 g/mol. The number of rotatable bonds is 66. The summed E-state index contributed by atoms with van der Waals surface area (Å²) in [4.78, 5) is 37.9. The molecule has 0 radical (unpaired) electrons. The molecule has 1 amide bonds. The molecule has 0 saturated heterocycles. The van der Waals surface area contributed by atoms with E-state index in [1.54, 1.807) is 0 Å². The standard InChI is InChI=1S/C72H139N2O7P/c1-7-10-13-16-19-22-25-28-30-32-34-36-37-39-41-43-45-47-50-53-56-59-62-65-72(76)81-70(63-60-57-54-51-48-27-24-21-18-15-12-9-3)69(68-80-82(77,78)79-67-66-74(4,5)6)73-71(75)64-61-58-55-52-49-46-44-42-40-38-35-33-31-29-26-23-20-17-14-11-8-2/h20,23,29,31,60,63,69-70H,7-19,21-22,24-28,30,32-59,61-62,64-68H2,1-6H3,(H-,73,75,77,78)/p+1/b23-20-,31-29-,63-60+. The number of ether oxygens (including phenoxy) is 1. The predicted octanol–water partition coefficient (Wildman–Crippen LogP) is 22.6. The van der Waals surface area contributed by atoms with Crippen molar-refractivity contribution in [1.82, 2.24) is 5.32 Å².